The first-order valence-electron chi connectivity index (χ1n) is 7.06. The Kier molecular flexibility index (Phi) is 4.21. The molecule has 3 nitrogen and oxygen atoms in total. The molecule has 100 valence electrons. The summed E-state index contributed by atoms with van der Waals surface area (Å²) in [6.45, 7) is 6.05. The number of rotatable bonds is 5. The van der Waals surface area contributed by atoms with Crippen LogP contribution < -0.4 is 0 Å². The third-order valence-electron chi connectivity index (χ3n) is 4.14. The summed E-state index contributed by atoms with van der Waals surface area (Å²) < 4.78 is 9.14. The Labute approximate surface area is 118 Å². The Bertz CT molecular complexity index is 393. The Morgan fingerprint density at radius 3 is 3.17 bits per heavy atom. The summed E-state index contributed by atoms with van der Waals surface area (Å²) in [6, 6.07) is 0. The molecule has 2 fully saturated rings. The minimum atomic E-state index is 0.662. The lowest BCUT2D eigenvalue weighted by atomic mass is 9.89. The highest BCUT2D eigenvalue weighted by Gasteiger charge is 2.38. The summed E-state index contributed by atoms with van der Waals surface area (Å²) >= 11 is 3.32. The SMILES string of the molecule is CCCCSc1nsnc1[C@H]1CN2CCCC1C2. The van der Waals surface area contributed by atoms with Gasteiger partial charge in [-0.2, -0.15) is 8.75 Å². The second-order valence-electron chi connectivity index (χ2n) is 5.43. The molecule has 3 rings (SSSR count). The Hall–Kier alpha value is -0.130. The number of fused-ring (bicyclic) bond motifs is 2. The van der Waals surface area contributed by atoms with Crippen LogP contribution in [0.5, 0.6) is 0 Å². The summed E-state index contributed by atoms with van der Waals surface area (Å²) in [6.07, 6.45) is 5.30. The highest BCUT2D eigenvalue weighted by Crippen LogP contribution is 2.41. The average Bonchev–Trinajstić information content (AvgIpc) is 2.95. The topological polar surface area (TPSA) is 29.0 Å². The van der Waals surface area contributed by atoms with Gasteiger partial charge in [0.05, 0.1) is 17.4 Å². The molecule has 1 aromatic heterocycles. The summed E-state index contributed by atoms with van der Waals surface area (Å²) in [7, 11) is 0. The van der Waals surface area contributed by atoms with Crippen LogP contribution in [0.1, 0.15) is 44.2 Å². The van der Waals surface area contributed by atoms with E-state index in [0.29, 0.717) is 5.92 Å². The van der Waals surface area contributed by atoms with Crippen LogP contribution in [0.25, 0.3) is 0 Å². The Morgan fingerprint density at radius 2 is 2.33 bits per heavy atom. The van der Waals surface area contributed by atoms with Gasteiger partial charge in [-0.3, -0.25) is 0 Å². The van der Waals surface area contributed by atoms with Crippen molar-refractivity contribution >= 4 is 23.5 Å². The number of hydrogen-bond acceptors (Lipinski definition) is 5. The van der Waals surface area contributed by atoms with Gasteiger partial charge in [0.2, 0.25) is 0 Å². The molecule has 0 radical (unpaired) electrons. The van der Waals surface area contributed by atoms with E-state index in [4.69, 9.17) is 0 Å². The van der Waals surface area contributed by atoms with E-state index >= 15 is 0 Å². The monoisotopic (exact) mass is 283 g/mol. The van der Waals surface area contributed by atoms with Gasteiger partial charge < -0.3 is 4.90 Å². The first-order chi connectivity index (χ1) is 8.88. The maximum atomic E-state index is 4.62. The molecule has 0 saturated carbocycles. The van der Waals surface area contributed by atoms with E-state index in [9.17, 15) is 0 Å². The van der Waals surface area contributed by atoms with Gasteiger partial charge in [0.15, 0.2) is 0 Å². The molecule has 2 aliphatic rings. The molecule has 2 unspecified atom stereocenters. The highest BCUT2D eigenvalue weighted by atomic mass is 32.2. The normalized spacial score (nSPS) is 30.8. The van der Waals surface area contributed by atoms with E-state index in [0.717, 1.165) is 5.92 Å². The zero-order valence-corrected chi connectivity index (χ0v) is 12.6. The maximum absolute atomic E-state index is 4.62. The van der Waals surface area contributed by atoms with Crippen molar-refractivity contribution in [2.75, 3.05) is 25.4 Å². The quantitative estimate of drug-likeness (QED) is 0.613. The van der Waals surface area contributed by atoms with Gasteiger partial charge in [-0.1, -0.05) is 13.3 Å². The fourth-order valence-electron chi connectivity index (χ4n) is 3.15. The fourth-order valence-corrected chi connectivity index (χ4v) is 5.01. The summed E-state index contributed by atoms with van der Waals surface area (Å²) in [5.41, 5.74) is 1.32. The van der Waals surface area contributed by atoms with Crippen molar-refractivity contribution < 1.29 is 0 Å². The molecule has 0 aromatic carbocycles. The molecule has 2 bridgehead atoms. The minimum Gasteiger partial charge on any atom is -0.302 e. The predicted octanol–water partition coefficient (Wildman–Crippen LogP) is 3.24. The molecule has 2 saturated heterocycles. The highest BCUT2D eigenvalue weighted by molar-refractivity contribution is 7.99. The van der Waals surface area contributed by atoms with Gasteiger partial charge in [0.1, 0.15) is 5.03 Å². The van der Waals surface area contributed by atoms with E-state index in [1.54, 1.807) is 0 Å². The van der Waals surface area contributed by atoms with Crippen LogP contribution in [0.2, 0.25) is 0 Å². The first kappa shape index (κ1) is 12.9. The molecule has 0 N–H and O–H groups in total. The summed E-state index contributed by atoms with van der Waals surface area (Å²) in [5.74, 6) is 2.69. The minimum absolute atomic E-state index is 0.662. The van der Waals surface area contributed by atoms with Gasteiger partial charge in [-0.25, -0.2) is 0 Å². The lowest BCUT2D eigenvalue weighted by molar-refractivity contribution is 0.269. The second-order valence-corrected chi connectivity index (χ2v) is 7.04. The number of piperidine rings is 1. The number of nitrogens with zero attached hydrogens (tertiary/aromatic N) is 3. The van der Waals surface area contributed by atoms with E-state index in [1.807, 2.05) is 11.8 Å². The molecular formula is C13H21N3S2. The molecule has 3 atom stereocenters. The van der Waals surface area contributed by atoms with Crippen LogP contribution in [-0.2, 0) is 0 Å². The molecule has 0 amide bonds. The van der Waals surface area contributed by atoms with Gasteiger partial charge in [0, 0.05) is 19.0 Å². The van der Waals surface area contributed by atoms with E-state index in [1.165, 1.54) is 73.5 Å². The Balaban J connectivity index is 1.70. The van der Waals surface area contributed by atoms with Gasteiger partial charge in [0.25, 0.3) is 0 Å². The first-order valence-corrected chi connectivity index (χ1v) is 8.77. The van der Waals surface area contributed by atoms with Crippen LogP contribution in [0, 0.1) is 5.92 Å². The van der Waals surface area contributed by atoms with E-state index < -0.39 is 0 Å². The molecule has 3 heterocycles. The van der Waals surface area contributed by atoms with Gasteiger partial charge in [-0.15, -0.1) is 11.8 Å². The largest absolute Gasteiger partial charge is 0.302 e. The lowest BCUT2D eigenvalue weighted by Crippen LogP contribution is -2.25. The summed E-state index contributed by atoms with van der Waals surface area (Å²) in [5, 5.41) is 1.23. The summed E-state index contributed by atoms with van der Waals surface area (Å²) in [4.78, 5) is 2.61. The van der Waals surface area contributed by atoms with Crippen molar-refractivity contribution in [1.82, 2.24) is 13.6 Å². The smallest absolute Gasteiger partial charge is 0.134 e. The fraction of sp³-hybridized carbons (Fsp3) is 0.846. The number of thioether (sulfide) groups is 1. The predicted molar refractivity (Wildman–Crippen MR) is 77.4 cm³/mol. The molecule has 1 aromatic rings. The third-order valence-corrected chi connectivity index (χ3v) is 5.86. The van der Waals surface area contributed by atoms with Crippen molar-refractivity contribution in [2.24, 2.45) is 5.92 Å². The van der Waals surface area contributed by atoms with Crippen LogP contribution in [0.3, 0.4) is 0 Å². The number of aromatic nitrogens is 2. The number of unbranched alkanes of at least 4 members (excludes halogenated alkanes) is 1. The van der Waals surface area contributed by atoms with Crippen molar-refractivity contribution in [2.45, 2.75) is 43.6 Å². The van der Waals surface area contributed by atoms with Crippen LogP contribution in [-0.4, -0.2) is 39.0 Å². The second kappa shape index (κ2) is 5.88. The van der Waals surface area contributed by atoms with E-state index in [-0.39, 0.29) is 0 Å². The van der Waals surface area contributed by atoms with Gasteiger partial charge >= 0.3 is 0 Å². The molecule has 18 heavy (non-hydrogen) atoms. The van der Waals surface area contributed by atoms with Crippen molar-refractivity contribution in [3.8, 4) is 0 Å². The van der Waals surface area contributed by atoms with E-state index in [2.05, 4.69) is 20.6 Å². The van der Waals surface area contributed by atoms with Crippen LogP contribution in [0.4, 0.5) is 0 Å². The third kappa shape index (κ3) is 2.58. The molecule has 0 spiro atoms. The molecule has 0 aliphatic carbocycles. The molecule has 2 aliphatic heterocycles. The maximum Gasteiger partial charge on any atom is 0.134 e. The van der Waals surface area contributed by atoms with Crippen molar-refractivity contribution in [3.63, 3.8) is 0 Å². The van der Waals surface area contributed by atoms with Crippen molar-refractivity contribution in [1.29, 1.82) is 0 Å². The zero-order valence-electron chi connectivity index (χ0n) is 11.0. The molecular weight excluding hydrogens is 262 g/mol. The lowest BCUT2D eigenvalue weighted by Gasteiger charge is -2.21. The Morgan fingerprint density at radius 1 is 1.39 bits per heavy atom. The van der Waals surface area contributed by atoms with Crippen LogP contribution >= 0.6 is 23.5 Å². The zero-order chi connectivity index (χ0) is 12.4. The van der Waals surface area contributed by atoms with Crippen molar-refractivity contribution in [3.05, 3.63) is 5.69 Å². The standard InChI is InChI=1S/C13H21N3S2/c1-2-3-7-17-13-12(14-18-15-13)11-9-16-6-4-5-10(11)8-16/h10-11H,2-9H2,1H3/t10?,11-/m0/s1. The molecule has 5 heteroatoms. The van der Waals surface area contributed by atoms with Gasteiger partial charge in [-0.05, 0) is 37.5 Å². The van der Waals surface area contributed by atoms with Crippen LogP contribution in [0.15, 0.2) is 5.03 Å². The number of hydrogen-bond donors (Lipinski definition) is 0. The average molecular weight is 283 g/mol.